The van der Waals surface area contributed by atoms with Gasteiger partial charge in [0.05, 0.1) is 6.61 Å². The van der Waals surface area contributed by atoms with Crippen molar-refractivity contribution in [2.45, 2.75) is 6.92 Å². The predicted octanol–water partition coefficient (Wildman–Crippen LogP) is -0.484. The maximum atomic E-state index is 10.3. The van der Waals surface area contributed by atoms with E-state index >= 15 is 0 Å². The minimum absolute atomic E-state index is 0.176. The summed E-state index contributed by atoms with van der Waals surface area (Å²) in [5, 5.41) is 8.05. The van der Waals surface area contributed by atoms with E-state index in [1.165, 1.54) is 0 Å². The number of carbonyl (C=O) groups excluding carboxylic acids is 1. The Morgan fingerprint density at radius 3 is 2.78 bits per heavy atom. The maximum absolute atomic E-state index is 10.3. The average Bonchev–Trinajstić information content (AvgIpc) is 1.85. The fourth-order valence-corrected chi connectivity index (χ4v) is 0.332. The Morgan fingerprint density at radius 1 is 1.67 bits per heavy atom. The van der Waals surface area contributed by atoms with Gasteiger partial charge in [-0.25, -0.2) is 4.79 Å². The molecule has 54 valence electrons. The molecule has 0 rings (SSSR count). The molecule has 0 atom stereocenters. The monoisotopic (exact) mass is 134 g/mol. The summed E-state index contributed by atoms with van der Waals surface area (Å²) >= 11 is 0. The minimum atomic E-state index is -0.452. The van der Waals surface area contributed by atoms with Gasteiger partial charge in [0, 0.05) is 0 Å². The highest BCUT2D eigenvalue weighted by Gasteiger charge is 1.98. The first-order valence-corrected chi connectivity index (χ1v) is 2.65. The van der Waals surface area contributed by atoms with E-state index in [1.807, 2.05) is 0 Å². The molecule has 0 aromatic carbocycles. The van der Waals surface area contributed by atoms with Crippen molar-refractivity contribution in [2.75, 3.05) is 20.0 Å². The molecule has 4 nitrogen and oxygen atoms in total. The molecule has 0 aliphatic rings. The number of aliphatic hydroxyl groups is 1. The van der Waals surface area contributed by atoms with Crippen molar-refractivity contribution < 1.29 is 19.4 Å². The van der Waals surface area contributed by atoms with Crippen LogP contribution in [-0.4, -0.2) is 31.1 Å². The molecule has 0 aliphatic carbocycles. The second kappa shape index (κ2) is 5.53. The van der Waals surface area contributed by atoms with Crippen molar-refractivity contribution in [2.24, 2.45) is 0 Å². The smallest absolute Gasteiger partial charge is 0.332 e. The molecule has 0 amide bonds. The molecule has 9 heavy (non-hydrogen) atoms. The predicted molar refractivity (Wildman–Crippen MR) is 29.7 cm³/mol. The molecular formula is C5H10O4. The Morgan fingerprint density at radius 2 is 2.33 bits per heavy atom. The summed E-state index contributed by atoms with van der Waals surface area (Å²) in [5.41, 5.74) is 0. The molecule has 0 radical (unpaired) electrons. The van der Waals surface area contributed by atoms with Gasteiger partial charge in [-0.3, -0.25) is 0 Å². The maximum Gasteiger partial charge on any atom is 0.332 e. The second-order valence-electron chi connectivity index (χ2n) is 1.28. The zero-order chi connectivity index (χ0) is 7.11. The number of rotatable bonds is 4. The minimum Gasteiger partial charge on any atom is -0.464 e. The molecule has 0 bridgehead atoms. The molecule has 4 heteroatoms. The Hall–Kier alpha value is -0.610. The standard InChI is InChI=1S/C5H10O4/c1-2-9-5(7)3-8-4-6/h6H,2-4H2,1H3. The second-order valence-corrected chi connectivity index (χ2v) is 1.28. The molecule has 0 aromatic rings. The van der Waals surface area contributed by atoms with Crippen LogP contribution in [0.4, 0.5) is 0 Å². The zero-order valence-corrected chi connectivity index (χ0v) is 5.29. The topological polar surface area (TPSA) is 55.8 Å². The fourth-order valence-electron chi connectivity index (χ4n) is 0.332. The number of esters is 1. The van der Waals surface area contributed by atoms with Crippen molar-refractivity contribution in [3.05, 3.63) is 0 Å². The molecule has 0 aliphatic heterocycles. The first-order valence-electron chi connectivity index (χ1n) is 2.65. The molecule has 0 spiro atoms. The number of carbonyl (C=O) groups is 1. The lowest BCUT2D eigenvalue weighted by molar-refractivity contribution is -0.151. The zero-order valence-electron chi connectivity index (χ0n) is 5.29. The summed E-state index contributed by atoms with van der Waals surface area (Å²) < 4.78 is 8.80. The Kier molecular flexibility index (Phi) is 5.15. The lowest BCUT2D eigenvalue weighted by Crippen LogP contribution is -2.12. The van der Waals surface area contributed by atoms with Crippen LogP contribution in [0, 0.1) is 0 Å². The van der Waals surface area contributed by atoms with Crippen molar-refractivity contribution in [3.8, 4) is 0 Å². The third-order valence-corrected chi connectivity index (χ3v) is 0.617. The van der Waals surface area contributed by atoms with Crippen LogP contribution in [0.5, 0.6) is 0 Å². The average molecular weight is 134 g/mol. The van der Waals surface area contributed by atoms with E-state index in [-0.39, 0.29) is 6.61 Å². The highest BCUT2D eigenvalue weighted by molar-refractivity contribution is 5.70. The van der Waals surface area contributed by atoms with Crippen molar-refractivity contribution in [3.63, 3.8) is 0 Å². The van der Waals surface area contributed by atoms with Gasteiger partial charge in [0.1, 0.15) is 13.4 Å². The van der Waals surface area contributed by atoms with Gasteiger partial charge in [0.25, 0.3) is 0 Å². The van der Waals surface area contributed by atoms with Gasteiger partial charge in [-0.2, -0.15) is 0 Å². The van der Waals surface area contributed by atoms with E-state index < -0.39 is 12.8 Å². The molecule has 0 fully saturated rings. The van der Waals surface area contributed by atoms with Crippen molar-refractivity contribution in [1.82, 2.24) is 0 Å². The van der Waals surface area contributed by atoms with E-state index in [2.05, 4.69) is 9.47 Å². The van der Waals surface area contributed by atoms with Crippen LogP contribution in [0.25, 0.3) is 0 Å². The first kappa shape index (κ1) is 8.39. The van der Waals surface area contributed by atoms with Crippen LogP contribution in [0.15, 0.2) is 0 Å². The largest absolute Gasteiger partial charge is 0.464 e. The fraction of sp³-hybridized carbons (Fsp3) is 0.800. The summed E-state index contributed by atoms with van der Waals surface area (Å²) in [6, 6.07) is 0. The third kappa shape index (κ3) is 5.26. The van der Waals surface area contributed by atoms with E-state index in [0.717, 1.165) is 0 Å². The Bertz CT molecular complexity index is 81.0. The summed E-state index contributed by atoms with van der Waals surface area (Å²) in [6.07, 6.45) is 0. The molecule has 0 aromatic heterocycles. The summed E-state index contributed by atoms with van der Waals surface area (Å²) in [5.74, 6) is -0.452. The Balaban J connectivity index is 3.06. The summed E-state index contributed by atoms with van der Waals surface area (Å²) in [4.78, 5) is 10.3. The Labute approximate surface area is 53.4 Å². The van der Waals surface area contributed by atoms with Crippen molar-refractivity contribution in [1.29, 1.82) is 0 Å². The molecular weight excluding hydrogens is 124 g/mol. The SMILES string of the molecule is CCOC(=O)COCO. The van der Waals surface area contributed by atoms with Crippen LogP contribution in [0.3, 0.4) is 0 Å². The van der Waals surface area contributed by atoms with E-state index in [0.29, 0.717) is 6.61 Å². The highest BCUT2D eigenvalue weighted by atomic mass is 16.6. The highest BCUT2D eigenvalue weighted by Crippen LogP contribution is 1.78. The van der Waals surface area contributed by atoms with Gasteiger partial charge in [0.2, 0.25) is 0 Å². The van der Waals surface area contributed by atoms with Gasteiger partial charge in [0.15, 0.2) is 0 Å². The number of aliphatic hydroxyl groups excluding tert-OH is 1. The molecule has 0 saturated carbocycles. The quantitative estimate of drug-likeness (QED) is 0.416. The lowest BCUT2D eigenvalue weighted by atomic mass is 10.7. The van der Waals surface area contributed by atoms with Gasteiger partial charge in [-0.1, -0.05) is 0 Å². The van der Waals surface area contributed by atoms with Gasteiger partial charge < -0.3 is 14.6 Å². The molecule has 1 N–H and O–H groups in total. The normalized spacial score (nSPS) is 9.11. The van der Waals surface area contributed by atoms with Crippen LogP contribution < -0.4 is 0 Å². The van der Waals surface area contributed by atoms with Crippen LogP contribution in [0.1, 0.15) is 6.92 Å². The lowest BCUT2D eigenvalue weighted by Gasteiger charge is -1.99. The van der Waals surface area contributed by atoms with E-state index in [4.69, 9.17) is 5.11 Å². The van der Waals surface area contributed by atoms with E-state index in [9.17, 15) is 4.79 Å². The van der Waals surface area contributed by atoms with E-state index in [1.54, 1.807) is 6.92 Å². The van der Waals surface area contributed by atoms with Gasteiger partial charge in [-0.15, -0.1) is 0 Å². The number of hydrogen-bond acceptors (Lipinski definition) is 4. The third-order valence-electron chi connectivity index (χ3n) is 0.617. The van der Waals surface area contributed by atoms with Crippen LogP contribution in [0.2, 0.25) is 0 Å². The van der Waals surface area contributed by atoms with Gasteiger partial charge in [-0.05, 0) is 6.92 Å². The molecule has 0 heterocycles. The summed E-state index contributed by atoms with van der Waals surface area (Å²) in [6.45, 7) is 1.42. The van der Waals surface area contributed by atoms with Crippen LogP contribution >= 0.6 is 0 Å². The van der Waals surface area contributed by atoms with Gasteiger partial charge >= 0.3 is 5.97 Å². The first-order chi connectivity index (χ1) is 4.31. The van der Waals surface area contributed by atoms with Crippen LogP contribution in [-0.2, 0) is 14.3 Å². The summed E-state index contributed by atoms with van der Waals surface area (Å²) in [7, 11) is 0. The number of hydrogen-bond donors (Lipinski definition) is 1. The molecule has 0 unspecified atom stereocenters. The van der Waals surface area contributed by atoms with Crippen molar-refractivity contribution >= 4 is 5.97 Å². The number of ether oxygens (including phenoxy) is 2. The molecule has 0 saturated heterocycles.